The fourth-order valence-corrected chi connectivity index (χ4v) is 2.71. The van der Waals surface area contributed by atoms with Crippen LogP contribution in [-0.2, 0) is 14.6 Å². The van der Waals surface area contributed by atoms with E-state index in [1.54, 1.807) is 4.90 Å². The number of nitrogens with zero attached hydrogens (tertiary/aromatic N) is 1. The van der Waals surface area contributed by atoms with Crippen molar-refractivity contribution in [2.45, 2.75) is 24.5 Å². The number of halogens is 2. The summed E-state index contributed by atoms with van der Waals surface area (Å²) >= 11 is 0. The minimum Gasteiger partial charge on any atom is -0.383 e. The molecular weight excluding hydrogens is 328 g/mol. The third-order valence-electron chi connectivity index (χ3n) is 3.10. The minimum absolute atomic E-state index is 0.245. The van der Waals surface area contributed by atoms with E-state index >= 15 is 0 Å². The van der Waals surface area contributed by atoms with Crippen molar-refractivity contribution < 1.29 is 26.7 Å². The molecule has 0 aromatic heterocycles. The van der Waals surface area contributed by atoms with Crippen LogP contribution >= 0.6 is 0 Å². The first-order valence-corrected chi connectivity index (χ1v) is 8.65. The number of hydrogen-bond acceptors (Lipinski definition) is 4. The highest BCUT2D eigenvalue weighted by Crippen LogP contribution is 2.19. The first-order valence-electron chi connectivity index (χ1n) is 7.10. The molecule has 0 saturated heterocycles. The lowest BCUT2D eigenvalue weighted by atomic mass is 10.1. The molecule has 1 aromatic carbocycles. The molecule has 1 rings (SSSR count). The minimum atomic E-state index is -4.65. The summed E-state index contributed by atoms with van der Waals surface area (Å²) in [4.78, 5) is 13.5. The van der Waals surface area contributed by atoms with Gasteiger partial charge in [0.25, 0.3) is 5.91 Å². The average molecular weight is 349 g/mol. The van der Waals surface area contributed by atoms with Crippen LogP contribution in [0.5, 0.6) is 0 Å². The summed E-state index contributed by atoms with van der Waals surface area (Å²) in [7, 11) is -3.12. The van der Waals surface area contributed by atoms with E-state index in [-0.39, 0.29) is 17.4 Å². The van der Waals surface area contributed by atoms with Gasteiger partial charge in [-0.15, -0.1) is 0 Å². The van der Waals surface area contributed by atoms with Gasteiger partial charge in [-0.1, -0.05) is 13.8 Å². The molecule has 130 valence electrons. The van der Waals surface area contributed by atoms with Crippen LogP contribution in [0.2, 0.25) is 0 Å². The van der Waals surface area contributed by atoms with Gasteiger partial charge in [0.2, 0.25) is 9.84 Å². The van der Waals surface area contributed by atoms with E-state index < -0.39 is 20.5 Å². The number of methoxy groups -OCH3 is 1. The first-order chi connectivity index (χ1) is 10.7. The Morgan fingerprint density at radius 3 is 2.22 bits per heavy atom. The molecule has 0 radical (unpaired) electrons. The Morgan fingerprint density at radius 1 is 1.22 bits per heavy atom. The molecule has 0 heterocycles. The number of carbonyl (C=O) groups excluding carboxylic acids is 1. The van der Waals surface area contributed by atoms with E-state index in [0.29, 0.717) is 19.7 Å². The molecule has 0 N–H and O–H groups in total. The molecule has 0 spiro atoms. The molecule has 1 aromatic rings. The van der Waals surface area contributed by atoms with Gasteiger partial charge in [0.1, 0.15) is 0 Å². The standard InChI is InChI=1S/C15H21F2NO4S/c1-11(2)10-18(8-9-22-3)14(19)12-4-6-13(7-5-12)23(20,21)15(16)17/h4-7,11,15H,8-10H2,1-3H3. The van der Waals surface area contributed by atoms with Crippen molar-refractivity contribution in [1.82, 2.24) is 4.90 Å². The Hall–Kier alpha value is -1.54. The van der Waals surface area contributed by atoms with Gasteiger partial charge in [0.15, 0.2) is 0 Å². The van der Waals surface area contributed by atoms with Crippen molar-refractivity contribution in [3.63, 3.8) is 0 Å². The molecule has 0 atom stereocenters. The zero-order valence-electron chi connectivity index (χ0n) is 13.3. The van der Waals surface area contributed by atoms with Gasteiger partial charge in [-0.05, 0) is 30.2 Å². The lowest BCUT2D eigenvalue weighted by molar-refractivity contribution is 0.0672. The Kier molecular flexibility index (Phi) is 7.08. The molecule has 23 heavy (non-hydrogen) atoms. The van der Waals surface area contributed by atoms with Crippen LogP contribution in [0.3, 0.4) is 0 Å². The van der Waals surface area contributed by atoms with Crippen molar-refractivity contribution in [3.05, 3.63) is 29.8 Å². The van der Waals surface area contributed by atoms with Crippen molar-refractivity contribution in [2.24, 2.45) is 5.92 Å². The summed E-state index contributed by atoms with van der Waals surface area (Å²) < 4.78 is 52.7. The molecule has 0 bridgehead atoms. The SMILES string of the molecule is COCCN(CC(C)C)C(=O)c1ccc(S(=O)(=O)C(F)F)cc1. The van der Waals surface area contributed by atoms with Gasteiger partial charge in [-0.3, -0.25) is 4.79 Å². The van der Waals surface area contributed by atoms with Gasteiger partial charge in [-0.2, -0.15) is 8.78 Å². The van der Waals surface area contributed by atoms with Gasteiger partial charge in [0.05, 0.1) is 11.5 Å². The summed E-state index contributed by atoms with van der Waals surface area (Å²) in [5.41, 5.74) is 0.245. The monoisotopic (exact) mass is 349 g/mol. The highest BCUT2D eigenvalue weighted by atomic mass is 32.2. The summed E-state index contributed by atoms with van der Waals surface area (Å²) in [5, 5.41) is 0. The van der Waals surface area contributed by atoms with E-state index in [2.05, 4.69) is 0 Å². The predicted octanol–water partition coefficient (Wildman–Crippen LogP) is 2.43. The topological polar surface area (TPSA) is 63.7 Å². The normalized spacial score (nSPS) is 12.0. The molecule has 0 saturated carbocycles. The second-order valence-corrected chi connectivity index (χ2v) is 7.39. The van der Waals surface area contributed by atoms with Crippen molar-refractivity contribution in [3.8, 4) is 0 Å². The first kappa shape index (κ1) is 19.5. The third-order valence-corrected chi connectivity index (χ3v) is 4.50. The Morgan fingerprint density at radius 2 is 1.78 bits per heavy atom. The predicted molar refractivity (Wildman–Crippen MR) is 82.2 cm³/mol. The summed E-state index contributed by atoms with van der Waals surface area (Å²) in [6.07, 6.45) is 0. The van der Waals surface area contributed by atoms with Crippen LogP contribution < -0.4 is 0 Å². The van der Waals surface area contributed by atoms with Crippen LogP contribution in [0.4, 0.5) is 8.78 Å². The van der Waals surface area contributed by atoms with Crippen LogP contribution in [0.15, 0.2) is 29.2 Å². The molecule has 0 aliphatic rings. The number of alkyl halides is 2. The number of rotatable bonds is 8. The highest BCUT2D eigenvalue weighted by molar-refractivity contribution is 7.91. The molecule has 0 aliphatic heterocycles. The van der Waals surface area contributed by atoms with E-state index in [4.69, 9.17) is 4.74 Å². The van der Waals surface area contributed by atoms with Gasteiger partial charge < -0.3 is 9.64 Å². The molecule has 1 amide bonds. The number of hydrogen-bond donors (Lipinski definition) is 0. The average Bonchev–Trinajstić information content (AvgIpc) is 2.50. The quantitative estimate of drug-likeness (QED) is 0.723. The molecule has 0 unspecified atom stereocenters. The summed E-state index contributed by atoms with van der Waals surface area (Å²) in [6, 6.07) is 4.55. The van der Waals surface area contributed by atoms with Crippen molar-refractivity contribution >= 4 is 15.7 Å². The van der Waals surface area contributed by atoms with Gasteiger partial charge >= 0.3 is 5.76 Å². The zero-order chi connectivity index (χ0) is 17.6. The Bertz CT molecular complexity index is 615. The van der Waals surface area contributed by atoms with Crippen LogP contribution in [-0.4, -0.2) is 51.8 Å². The summed E-state index contributed by atoms with van der Waals surface area (Å²) in [5.74, 6) is -3.53. The maximum absolute atomic E-state index is 12.5. The molecule has 8 heteroatoms. The summed E-state index contributed by atoms with van der Waals surface area (Å²) in [6.45, 7) is 5.21. The Labute approximate surface area is 135 Å². The maximum Gasteiger partial charge on any atom is 0.341 e. The smallest absolute Gasteiger partial charge is 0.341 e. The van der Waals surface area contributed by atoms with E-state index in [0.717, 1.165) is 12.1 Å². The number of amides is 1. The number of sulfone groups is 1. The fraction of sp³-hybridized carbons (Fsp3) is 0.533. The van der Waals surface area contributed by atoms with Crippen LogP contribution in [0, 0.1) is 5.92 Å². The maximum atomic E-state index is 12.5. The van der Waals surface area contributed by atoms with Gasteiger partial charge in [-0.25, -0.2) is 8.42 Å². The highest BCUT2D eigenvalue weighted by Gasteiger charge is 2.27. The molecular formula is C15H21F2NO4S. The fourth-order valence-electron chi connectivity index (χ4n) is 1.99. The molecule has 5 nitrogen and oxygen atoms in total. The zero-order valence-corrected chi connectivity index (χ0v) is 14.1. The Balaban J connectivity index is 2.98. The van der Waals surface area contributed by atoms with Crippen LogP contribution in [0.25, 0.3) is 0 Å². The lowest BCUT2D eigenvalue weighted by Gasteiger charge is -2.24. The molecule has 0 fully saturated rings. The number of carbonyl (C=O) groups is 1. The van der Waals surface area contributed by atoms with E-state index in [1.807, 2.05) is 13.8 Å². The second-order valence-electron chi connectivity index (χ2n) is 5.47. The van der Waals surface area contributed by atoms with Crippen molar-refractivity contribution in [1.29, 1.82) is 0 Å². The largest absolute Gasteiger partial charge is 0.383 e. The second kappa shape index (κ2) is 8.35. The van der Waals surface area contributed by atoms with E-state index in [1.165, 1.54) is 19.2 Å². The van der Waals surface area contributed by atoms with Crippen LogP contribution in [0.1, 0.15) is 24.2 Å². The third kappa shape index (κ3) is 5.24. The number of ether oxygens (including phenoxy) is 1. The van der Waals surface area contributed by atoms with Gasteiger partial charge in [0, 0.05) is 25.8 Å². The number of benzene rings is 1. The van der Waals surface area contributed by atoms with E-state index in [9.17, 15) is 22.0 Å². The molecule has 0 aliphatic carbocycles. The van der Waals surface area contributed by atoms with Crippen molar-refractivity contribution in [2.75, 3.05) is 26.8 Å². The lowest BCUT2D eigenvalue weighted by Crippen LogP contribution is -2.36.